The molecule has 152 valence electrons. The maximum absolute atomic E-state index is 5.15. The highest BCUT2D eigenvalue weighted by molar-refractivity contribution is 5.05. The Bertz CT molecular complexity index is 394. The van der Waals surface area contributed by atoms with Crippen molar-refractivity contribution < 1.29 is 26.3 Å². The molecule has 0 saturated carbocycles. The molecule has 0 aliphatic rings. The van der Waals surface area contributed by atoms with E-state index in [0.717, 1.165) is 6.54 Å². The van der Waals surface area contributed by atoms with Crippen LogP contribution in [0.5, 0.6) is 0 Å². The van der Waals surface area contributed by atoms with Crippen molar-refractivity contribution in [2.24, 2.45) is 0 Å². The highest BCUT2D eigenvalue weighted by Crippen LogP contribution is 2.12. The van der Waals surface area contributed by atoms with Gasteiger partial charge in [0.25, 0.3) is 0 Å². The molecule has 0 aliphatic carbocycles. The first-order chi connectivity index (χ1) is 12.4. The van der Waals surface area contributed by atoms with Gasteiger partial charge in [-0.2, -0.15) is 0 Å². The Morgan fingerprint density at radius 3 is 1.54 bits per heavy atom. The van der Waals surface area contributed by atoms with E-state index in [4.69, 9.17) is 4.74 Å². The van der Waals surface area contributed by atoms with Gasteiger partial charge in [-0.25, -0.2) is 4.57 Å². The lowest BCUT2D eigenvalue weighted by molar-refractivity contribution is -0.697. The molecule has 1 heterocycles. The number of ether oxygens (including phenoxy) is 1. The van der Waals surface area contributed by atoms with Crippen molar-refractivity contribution in [1.82, 2.24) is 0 Å². The van der Waals surface area contributed by atoms with E-state index in [1.165, 1.54) is 95.5 Å². The van der Waals surface area contributed by atoms with E-state index in [1.807, 2.05) is 0 Å². The molecule has 0 aromatic carbocycles. The van der Waals surface area contributed by atoms with Gasteiger partial charge in [0, 0.05) is 25.7 Å². The minimum atomic E-state index is 0. The first-order valence-electron chi connectivity index (χ1n) is 10.8. The Balaban J connectivity index is 0.00000625. The molecular formula is C23H42BrNO. The van der Waals surface area contributed by atoms with E-state index in [0.29, 0.717) is 6.61 Å². The average molecular weight is 428 g/mol. The van der Waals surface area contributed by atoms with Crippen LogP contribution in [0.2, 0.25) is 0 Å². The van der Waals surface area contributed by atoms with Crippen molar-refractivity contribution in [3.8, 4) is 0 Å². The minimum Gasteiger partial charge on any atom is -1.00 e. The van der Waals surface area contributed by atoms with Gasteiger partial charge in [-0.1, -0.05) is 84.0 Å². The van der Waals surface area contributed by atoms with Gasteiger partial charge in [0.05, 0.1) is 6.61 Å². The summed E-state index contributed by atoms with van der Waals surface area (Å²) >= 11 is 0. The summed E-state index contributed by atoms with van der Waals surface area (Å²) in [6, 6.07) is 4.32. The summed E-state index contributed by atoms with van der Waals surface area (Å²) in [5.74, 6) is 0. The van der Waals surface area contributed by atoms with E-state index in [9.17, 15) is 0 Å². The predicted octanol–water partition coefficient (Wildman–Crippen LogP) is 3.61. The molecule has 0 N–H and O–H groups in total. The minimum absolute atomic E-state index is 0. The Labute approximate surface area is 173 Å². The fraction of sp³-hybridized carbons (Fsp3) is 0.783. The molecule has 0 radical (unpaired) electrons. The summed E-state index contributed by atoms with van der Waals surface area (Å²) in [5, 5.41) is 0. The van der Waals surface area contributed by atoms with Gasteiger partial charge in [0.1, 0.15) is 6.54 Å². The zero-order valence-electron chi connectivity index (χ0n) is 17.4. The third-order valence-electron chi connectivity index (χ3n) is 5.04. The number of hydrogen-bond donors (Lipinski definition) is 0. The lowest BCUT2D eigenvalue weighted by atomic mass is 10.0. The van der Waals surface area contributed by atoms with Gasteiger partial charge in [0.15, 0.2) is 12.4 Å². The molecule has 0 spiro atoms. The highest BCUT2D eigenvalue weighted by atomic mass is 79.9. The lowest BCUT2D eigenvalue weighted by Gasteiger charge is -2.03. The first kappa shape index (κ1) is 25.6. The van der Waals surface area contributed by atoms with Gasteiger partial charge in [-0.05, 0) is 12.0 Å². The number of halogens is 1. The predicted molar refractivity (Wildman–Crippen MR) is 108 cm³/mol. The maximum Gasteiger partial charge on any atom is 0.169 e. The Hall–Kier alpha value is -0.410. The summed E-state index contributed by atoms with van der Waals surface area (Å²) in [6.07, 6.45) is 24.3. The molecule has 0 atom stereocenters. The Morgan fingerprint density at radius 2 is 1.12 bits per heavy atom. The average Bonchev–Trinajstić information content (AvgIpc) is 2.63. The molecule has 0 amide bonds. The van der Waals surface area contributed by atoms with Crippen molar-refractivity contribution in [3.63, 3.8) is 0 Å². The van der Waals surface area contributed by atoms with Crippen LogP contribution in [0.4, 0.5) is 0 Å². The fourth-order valence-electron chi connectivity index (χ4n) is 3.39. The topological polar surface area (TPSA) is 13.1 Å². The van der Waals surface area contributed by atoms with E-state index in [1.54, 1.807) is 7.11 Å². The molecule has 1 rings (SSSR count). The Kier molecular flexibility index (Phi) is 19.0. The van der Waals surface area contributed by atoms with Gasteiger partial charge in [-0.3, -0.25) is 0 Å². The molecular weight excluding hydrogens is 386 g/mol. The largest absolute Gasteiger partial charge is 1.00 e. The normalized spacial score (nSPS) is 10.7. The number of hydrogen-bond acceptors (Lipinski definition) is 1. The van der Waals surface area contributed by atoms with E-state index < -0.39 is 0 Å². The van der Waals surface area contributed by atoms with Crippen LogP contribution in [0.15, 0.2) is 24.5 Å². The van der Waals surface area contributed by atoms with Gasteiger partial charge < -0.3 is 21.7 Å². The highest BCUT2D eigenvalue weighted by Gasteiger charge is 2.01. The van der Waals surface area contributed by atoms with E-state index >= 15 is 0 Å². The number of rotatable bonds is 17. The van der Waals surface area contributed by atoms with Crippen LogP contribution >= 0.6 is 0 Å². The number of aromatic nitrogens is 1. The number of methoxy groups -OCH3 is 1. The van der Waals surface area contributed by atoms with Crippen molar-refractivity contribution in [1.29, 1.82) is 0 Å². The maximum atomic E-state index is 5.15. The van der Waals surface area contributed by atoms with Crippen LogP contribution in [0, 0.1) is 0 Å². The zero-order chi connectivity index (χ0) is 18.0. The molecule has 26 heavy (non-hydrogen) atoms. The number of unbranched alkanes of at least 4 members (excludes halogenated alkanes) is 13. The summed E-state index contributed by atoms with van der Waals surface area (Å²) in [4.78, 5) is 0. The molecule has 0 unspecified atom stereocenters. The second kappa shape index (κ2) is 19.4. The molecule has 0 bridgehead atoms. The van der Waals surface area contributed by atoms with Crippen molar-refractivity contribution >= 4 is 0 Å². The molecule has 2 nitrogen and oxygen atoms in total. The summed E-state index contributed by atoms with van der Waals surface area (Å²) in [6.45, 7) is 4.14. The number of nitrogens with zero attached hydrogens (tertiary/aromatic N) is 1. The first-order valence-corrected chi connectivity index (χ1v) is 10.8. The second-order valence-corrected chi connectivity index (χ2v) is 7.47. The quantitative estimate of drug-likeness (QED) is 0.273. The monoisotopic (exact) mass is 427 g/mol. The lowest BCUT2D eigenvalue weighted by Crippen LogP contribution is -3.00. The standard InChI is InChI=1S/C23H42NO.BrH/c1-3-4-5-6-7-8-9-10-11-12-13-14-15-16-19-24-20-17-23(18-21-24)22-25-2;/h17-18,20-21H,3-16,19,22H2,1-2H3;1H/q+1;/p-1. The van der Waals surface area contributed by atoms with Gasteiger partial charge in [0.2, 0.25) is 0 Å². The third-order valence-corrected chi connectivity index (χ3v) is 5.04. The molecule has 0 aliphatic heterocycles. The third kappa shape index (κ3) is 14.7. The molecule has 0 saturated heterocycles. The van der Waals surface area contributed by atoms with E-state index in [2.05, 4.69) is 36.0 Å². The van der Waals surface area contributed by atoms with Crippen LogP contribution in [-0.2, 0) is 17.9 Å². The van der Waals surface area contributed by atoms with Gasteiger partial charge in [-0.15, -0.1) is 0 Å². The van der Waals surface area contributed by atoms with Crippen LogP contribution < -0.4 is 21.5 Å². The zero-order valence-corrected chi connectivity index (χ0v) is 18.9. The summed E-state index contributed by atoms with van der Waals surface area (Å²) in [5.41, 5.74) is 1.25. The van der Waals surface area contributed by atoms with Crippen molar-refractivity contribution in [2.45, 2.75) is 110 Å². The molecule has 1 aromatic heterocycles. The fourth-order valence-corrected chi connectivity index (χ4v) is 3.39. The number of pyridine rings is 1. The summed E-state index contributed by atoms with van der Waals surface area (Å²) in [7, 11) is 1.75. The van der Waals surface area contributed by atoms with Crippen LogP contribution in [0.25, 0.3) is 0 Å². The number of aryl methyl sites for hydroxylation is 1. The Morgan fingerprint density at radius 1 is 0.692 bits per heavy atom. The summed E-state index contributed by atoms with van der Waals surface area (Å²) < 4.78 is 7.44. The molecule has 1 aromatic rings. The van der Waals surface area contributed by atoms with Crippen LogP contribution in [-0.4, -0.2) is 7.11 Å². The van der Waals surface area contributed by atoms with Gasteiger partial charge >= 0.3 is 0 Å². The van der Waals surface area contributed by atoms with Crippen molar-refractivity contribution in [2.75, 3.05) is 7.11 Å². The molecule has 0 fully saturated rings. The smallest absolute Gasteiger partial charge is 0.169 e. The van der Waals surface area contributed by atoms with E-state index in [-0.39, 0.29) is 17.0 Å². The SMILES string of the molecule is CCCCCCCCCCCCCCCC[n+]1ccc(COC)cc1.[Br-]. The van der Waals surface area contributed by atoms with Crippen molar-refractivity contribution in [3.05, 3.63) is 30.1 Å². The van der Waals surface area contributed by atoms with Crippen LogP contribution in [0.1, 0.15) is 102 Å². The molecule has 3 heteroatoms. The second-order valence-electron chi connectivity index (χ2n) is 7.47. The van der Waals surface area contributed by atoms with Crippen LogP contribution in [0.3, 0.4) is 0 Å².